The van der Waals surface area contributed by atoms with Gasteiger partial charge < -0.3 is 15.2 Å². The van der Waals surface area contributed by atoms with E-state index in [9.17, 15) is 9.90 Å². The van der Waals surface area contributed by atoms with Gasteiger partial charge in [0.05, 0.1) is 6.61 Å². The number of ether oxygens (including phenoxy) is 1. The standard InChI is InChI=1S/C20H25NO3/c1-15(2)14-24-19-7-3-6-17(13-19)20(23)21-12-4-5-16-8-10-18(22)11-9-16/h3,6-11,13,15,22H,4-5,12,14H2,1-2H3,(H,21,23). The first-order valence-corrected chi connectivity index (χ1v) is 8.33. The van der Waals surface area contributed by atoms with E-state index < -0.39 is 0 Å². The number of amides is 1. The second kappa shape index (κ2) is 8.96. The molecule has 0 radical (unpaired) electrons. The molecule has 0 aliphatic rings. The molecule has 2 N–H and O–H groups in total. The number of rotatable bonds is 8. The summed E-state index contributed by atoms with van der Waals surface area (Å²) in [5.41, 5.74) is 1.76. The van der Waals surface area contributed by atoms with E-state index >= 15 is 0 Å². The van der Waals surface area contributed by atoms with Gasteiger partial charge in [-0.15, -0.1) is 0 Å². The van der Waals surface area contributed by atoms with Crippen molar-refractivity contribution < 1.29 is 14.6 Å². The molecule has 1 amide bonds. The quantitative estimate of drug-likeness (QED) is 0.725. The van der Waals surface area contributed by atoms with Crippen LogP contribution in [0.5, 0.6) is 11.5 Å². The molecule has 0 atom stereocenters. The summed E-state index contributed by atoms with van der Waals surface area (Å²) < 4.78 is 5.65. The lowest BCUT2D eigenvalue weighted by Crippen LogP contribution is -2.24. The average molecular weight is 327 g/mol. The number of aryl methyl sites for hydroxylation is 1. The Labute approximate surface area is 143 Å². The van der Waals surface area contributed by atoms with Gasteiger partial charge in [-0.1, -0.05) is 32.0 Å². The highest BCUT2D eigenvalue weighted by atomic mass is 16.5. The second-order valence-corrected chi connectivity index (χ2v) is 6.26. The summed E-state index contributed by atoms with van der Waals surface area (Å²) in [5, 5.41) is 12.2. The number of carbonyl (C=O) groups is 1. The fraction of sp³-hybridized carbons (Fsp3) is 0.350. The van der Waals surface area contributed by atoms with E-state index in [1.807, 2.05) is 24.3 Å². The summed E-state index contributed by atoms with van der Waals surface area (Å²) in [5.74, 6) is 1.35. The van der Waals surface area contributed by atoms with Crippen LogP contribution in [-0.2, 0) is 6.42 Å². The van der Waals surface area contributed by atoms with E-state index in [1.54, 1.807) is 24.3 Å². The van der Waals surface area contributed by atoms with Gasteiger partial charge in [-0.3, -0.25) is 4.79 Å². The van der Waals surface area contributed by atoms with Crippen molar-refractivity contribution in [1.29, 1.82) is 0 Å². The van der Waals surface area contributed by atoms with E-state index in [0.717, 1.165) is 24.2 Å². The first kappa shape index (κ1) is 17.9. The Morgan fingerprint density at radius 2 is 1.92 bits per heavy atom. The molecule has 0 saturated heterocycles. The van der Waals surface area contributed by atoms with E-state index in [-0.39, 0.29) is 11.7 Å². The molecule has 0 aromatic heterocycles. The summed E-state index contributed by atoms with van der Waals surface area (Å²) in [7, 11) is 0. The van der Waals surface area contributed by atoms with Gasteiger partial charge in [0.15, 0.2) is 0 Å². The Hall–Kier alpha value is -2.49. The molecule has 0 bridgehead atoms. The molecule has 4 heteroatoms. The Morgan fingerprint density at radius 3 is 2.62 bits per heavy atom. The molecule has 0 saturated carbocycles. The lowest BCUT2D eigenvalue weighted by Gasteiger charge is -2.10. The van der Waals surface area contributed by atoms with Crippen molar-refractivity contribution in [3.63, 3.8) is 0 Å². The van der Waals surface area contributed by atoms with E-state index in [0.29, 0.717) is 24.6 Å². The van der Waals surface area contributed by atoms with Gasteiger partial charge in [0.2, 0.25) is 0 Å². The largest absolute Gasteiger partial charge is 0.508 e. The maximum atomic E-state index is 12.2. The predicted octanol–water partition coefficient (Wildman–Crippen LogP) is 3.79. The van der Waals surface area contributed by atoms with Crippen LogP contribution in [0.1, 0.15) is 36.2 Å². The van der Waals surface area contributed by atoms with Gasteiger partial charge >= 0.3 is 0 Å². The maximum absolute atomic E-state index is 12.2. The summed E-state index contributed by atoms with van der Waals surface area (Å²) in [6.07, 6.45) is 1.71. The zero-order valence-electron chi connectivity index (χ0n) is 14.3. The predicted molar refractivity (Wildman–Crippen MR) is 95.5 cm³/mol. The Bertz CT molecular complexity index is 650. The highest BCUT2D eigenvalue weighted by Crippen LogP contribution is 2.14. The van der Waals surface area contributed by atoms with Crippen molar-refractivity contribution in [1.82, 2.24) is 5.32 Å². The van der Waals surface area contributed by atoms with Gasteiger partial charge in [0.25, 0.3) is 5.91 Å². The van der Waals surface area contributed by atoms with Gasteiger partial charge in [0, 0.05) is 12.1 Å². The monoisotopic (exact) mass is 327 g/mol. The Balaban J connectivity index is 1.77. The summed E-state index contributed by atoms with van der Waals surface area (Å²) in [4.78, 5) is 12.2. The number of hydrogen-bond donors (Lipinski definition) is 2. The molecule has 24 heavy (non-hydrogen) atoms. The maximum Gasteiger partial charge on any atom is 0.251 e. The van der Waals surface area contributed by atoms with Crippen molar-refractivity contribution >= 4 is 5.91 Å². The van der Waals surface area contributed by atoms with Crippen LogP contribution < -0.4 is 10.1 Å². The number of benzene rings is 2. The molecule has 0 aliphatic heterocycles. The van der Waals surface area contributed by atoms with Crippen molar-refractivity contribution in [2.45, 2.75) is 26.7 Å². The molecule has 2 aromatic rings. The van der Waals surface area contributed by atoms with Crippen LogP contribution in [0.2, 0.25) is 0 Å². The Kier molecular flexibility index (Phi) is 6.67. The van der Waals surface area contributed by atoms with Crippen molar-refractivity contribution in [2.24, 2.45) is 5.92 Å². The number of hydrogen-bond acceptors (Lipinski definition) is 3. The van der Waals surface area contributed by atoms with Crippen LogP contribution in [0.3, 0.4) is 0 Å². The van der Waals surface area contributed by atoms with Crippen LogP contribution in [0, 0.1) is 5.92 Å². The van der Waals surface area contributed by atoms with Crippen LogP contribution in [-0.4, -0.2) is 24.2 Å². The van der Waals surface area contributed by atoms with E-state index in [1.165, 1.54) is 0 Å². The number of nitrogens with one attached hydrogen (secondary N) is 1. The number of aromatic hydroxyl groups is 1. The fourth-order valence-electron chi connectivity index (χ4n) is 2.25. The first-order chi connectivity index (χ1) is 11.5. The average Bonchev–Trinajstić information content (AvgIpc) is 2.58. The van der Waals surface area contributed by atoms with Gasteiger partial charge in [-0.25, -0.2) is 0 Å². The Morgan fingerprint density at radius 1 is 1.17 bits per heavy atom. The minimum absolute atomic E-state index is 0.0873. The summed E-state index contributed by atoms with van der Waals surface area (Å²) in [6.45, 7) is 5.42. The molecule has 0 unspecified atom stereocenters. The minimum Gasteiger partial charge on any atom is -0.508 e. The van der Waals surface area contributed by atoms with Crippen LogP contribution in [0.15, 0.2) is 48.5 Å². The van der Waals surface area contributed by atoms with Crippen molar-refractivity contribution in [3.05, 3.63) is 59.7 Å². The number of carbonyl (C=O) groups excluding carboxylic acids is 1. The zero-order chi connectivity index (χ0) is 17.4. The third kappa shape index (κ3) is 5.95. The SMILES string of the molecule is CC(C)COc1cccc(C(=O)NCCCc2ccc(O)cc2)c1. The summed E-state index contributed by atoms with van der Waals surface area (Å²) >= 11 is 0. The second-order valence-electron chi connectivity index (χ2n) is 6.26. The molecule has 0 fully saturated rings. The smallest absolute Gasteiger partial charge is 0.251 e. The van der Waals surface area contributed by atoms with Crippen LogP contribution >= 0.6 is 0 Å². The molecule has 2 aromatic carbocycles. The zero-order valence-corrected chi connectivity index (χ0v) is 14.3. The van der Waals surface area contributed by atoms with Crippen molar-refractivity contribution in [3.8, 4) is 11.5 Å². The highest BCUT2D eigenvalue weighted by Gasteiger charge is 2.06. The third-order valence-corrected chi connectivity index (χ3v) is 3.54. The minimum atomic E-state index is -0.0873. The summed E-state index contributed by atoms with van der Waals surface area (Å²) in [6, 6.07) is 14.4. The highest BCUT2D eigenvalue weighted by molar-refractivity contribution is 5.94. The normalized spacial score (nSPS) is 10.6. The lowest BCUT2D eigenvalue weighted by atomic mass is 10.1. The van der Waals surface area contributed by atoms with E-state index in [2.05, 4.69) is 19.2 Å². The first-order valence-electron chi connectivity index (χ1n) is 8.33. The molecular formula is C20H25NO3. The molecule has 128 valence electrons. The van der Waals surface area contributed by atoms with Crippen LogP contribution in [0.4, 0.5) is 0 Å². The van der Waals surface area contributed by atoms with Gasteiger partial charge in [-0.05, 0) is 54.7 Å². The third-order valence-electron chi connectivity index (χ3n) is 3.54. The number of phenolic OH excluding ortho intramolecular Hbond substituents is 1. The van der Waals surface area contributed by atoms with Gasteiger partial charge in [-0.2, -0.15) is 0 Å². The van der Waals surface area contributed by atoms with Crippen molar-refractivity contribution in [2.75, 3.05) is 13.2 Å². The lowest BCUT2D eigenvalue weighted by molar-refractivity contribution is 0.0952. The molecule has 2 rings (SSSR count). The molecule has 0 aliphatic carbocycles. The fourth-order valence-corrected chi connectivity index (χ4v) is 2.25. The van der Waals surface area contributed by atoms with Crippen LogP contribution in [0.25, 0.3) is 0 Å². The number of phenols is 1. The molecule has 0 heterocycles. The molecule has 4 nitrogen and oxygen atoms in total. The van der Waals surface area contributed by atoms with Gasteiger partial charge in [0.1, 0.15) is 11.5 Å². The topological polar surface area (TPSA) is 58.6 Å². The van der Waals surface area contributed by atoms with E-state index in [4.69, 9.17) is 4.74 Å². The molecule has 0 spiro atoms. The molecular weight excluding hydrogens is 302 g/mol.